The Bertz CT molecular complexity index is 325. The Morgan fingerprint density at radius 2 is 2.36 bits per heavy atom. The van der Waals surface area contributed by atoms with Gasteiger partial charge in [0.15, 0.2) is 0 Å². The number of aliphatic hydroxyl groups is 1. The molecule has 0 saturated heterocycles. The molecule has 1 aliphatic heterocycles. The molecular formula is C11H16N2O. The second-order valence-electron chi connectivity index (χ2n) is 3.71. The Kier molecular flexibility index (Phi) is 2.70. The van der Waals surface area contributed by atoms with E-state index < -0.39 is 0 Å². The van der Waals surface area contributed by atoms with E-state index in [4.69, 9.17) is 10.8 Å². The molecule has 0 saturated carbocycles. The Hall–Kier alpha value is -1.06. The molecule has 14 heavy (non-hydrogen) atoms. The lowest BCUT2D eigenvalue weighted by Crippen LogP contribution is -2.11. The number of fused-ring (bicyclic) bond motifs is 1. The second-order valence-corrected chi connectivity index (χ2v) is 3.71. The van der Waals surface area contributed by atoms with Gasteiger partial charge in [-0.1, -0.05) is 12.1 Å². The molecule has 1 unspecified atom stereocenters. The van der Waals surface area contributed by atoms with Gasteiger partial charge in [-0.05, 0) is 30.0 Å². The summed E-state index contributed by atoms with van der Waals surface area (Å²) in [6, 6.07) is 6.23. The Morgan fingerprint density at radius 3 is 3.14 bits per heavy atom. The van der Waals surface area contributed by atoms with Gasteiger partial charge < -0.3 is 16.2 Å². The number of rotatable bonds is 3. The summed E-state index contributed by atoms with van der Waals surface area (Å²) >= 11 is 0. The first-order valence-electron chi connectivity index (χ1n) is 5.04. The number of hydrogen-bond acceptors (Lipinski definition) is 3. The van der Waals surface area contributed by atoms with Gasteiger partial charge in [-0.25, -0.2) is 0 Å². The highest BCUT2D eigenvalue weighted by molar-refractivity contribution is 5.56. The van der Waals surface area contributed by atoms with Gasteiger partial charge in [0, 0.05) is 24.9 Å². The monoisotopic (exact) mass is 192 g/mol. The lowest BCUT2D eigenvalue weighted by atomic mass is 10.0. The number of hydrogen-bond donors (Lipinski definition) is 3. The molecule has 1 aromatic rings. The zero-order chi connectivity index (χ0) is 9.97. The van der Waals surface area contributed by atoms with Crippen LogP contribution in [0.15, 0.2) is 18.2 Å². The summed E-state index contributed by atoms with van der Waals surface area (Å²) in [4.78, 5) is 0. The van der Waals surface area contributed by atoms with Crippen LogP contribution in [0.2, 0.25) is 0 Å². The third-order valence-electron chi connectivity index (χ3n) is 2.71. The van der Waals surface area contributed by atoms with Crippen molar-refractivity contribution in [1.29, 1.82) is 0 Å². The summed E-state index contributed by atoms with van der Waals surface area (Å²) in [6.07, 6.45) is 1.71. The minimum absolute atomic E-state index is 0.0362. The van der Waals surface area contributed by atoms with Crippen LogP contribution in [0, 0.1) is 0 Å². The summed E-state index contributed by atoms with van der Waals surface area (Å²) in [5.41, 5.74) is 9.62. The normalized spacial score (nSPS) is 16.1. The summed E-state index contributed by atoms with van der Waals surface area (Å²) in [5, 5.41) is 12.1. The van der Waals surface area contributed by atoms with Crippen LogP contribution in [0.25, 0.3) is 0 Å². The summed E-state index contributed by atoms with van der Waals surface area (Å²) in [7, 11) is 0. The van der Waals surface area contributed by atoms with Crippen LogP contribution in [0.4, 0.5) is 5.69 Å². The smallest absolute Gasteiger partial charge is 0.0449 e. The molecule has 1 heterocycles. The quantitative estimate of drug-likeness (QED) is 0.670. The average molecular weight is 192 g/mol. The second kappa shape index (κ2) is 3.98. The van der Waals surface area contributed by atoms with Crippen molar-refractivity contribution in [3.8, 4) is 0 Å². The largest absolute Gasteiger partial charge is 0.396 e. The molecule has 1 aliphatic rings. The van der Waals surface area contributed by atoms with Gasteiger partial charge >= 0.3 is 0 Å². The van der Waals surface area contributed by atoms with E-state index in [-0.39, 0.29) is 12.6 Å². The van der Waals surface area contributed by atoms with Gasteiger partial charge in [0.05, 0.1) is 0 Å². The highest BCUT2D eigenvalue weighted by Crippen LogP contribution is 2.25. The van der Waals surface area contributed by atoms with E-state index in [0.717, 1.165) is 18.5 Å². The molecule has 76 valence electrons. The van der Waals surface area contributed by atoms with Gasteiger partial charge in [0.1, 0.15) is 0 Å². The van der Waals surface area contributed by atoms with E-state index in [0.29, 0.717) is 6.42 Å². The van der Waals surface area contributed by atoms with Gasteiger partial charge in [-0.2, -0.15) is 0 Å². The summed E-state index contributed by atoms with van der Waals surface area (Å²) in [6.45, 7) is 1.17. The maximum atomic E-state index is 8.80. The Balaban J connectivity index is 2.19. The van der Waals surface area contributed by atoms with Gasteiger partial charge in [-0.3, -0.25) is 0 Å². The number of nitrogens with one attached hydrogen (secondary N) is 1. The van der Waals surface area contributed by atoms with Crippen LogP contribution in [0.1, 0.15) is 23.6 Å². The predicted molar refractivity (Wildman–Crippen MR) is 57.3 cm³/mol. The molecule has 0 fully saturated rings. The highest BCUT2D eigenvalue weighted by Gasteiger charge is 2.12. The van der Waals surface area contributed by atoms with Crippen molar-refractivity contribution in [2.45, 2.75) is 18.9 Å². The molecular weight excluding hydrogens is 176 g/mol. The first kappa shape index (κ1) is 9.49. The predicted octanol–water partition coefficient (Wildman–Crippen LogP) is 1.04. The number of anilines is 1. The van der Waals surface area contributed by atoms with E-state index in [1.54, 1.807) is 0 Å². The maximum Gasteiger partial charge on any atom is 0.0449 e. The molecule has 3 nitrogen and oxygen atoms in total. The van der Waals surface area contributed by atoms with E-state index >= 15 is 0 Å². The highest BCUT2D eigenvalue weighted by atomic mass is 16.3. The number of nitrogens with two attached hydrogens (primary N) is 1. The third-order valence-corrected chi connectivity index (χ3v) is 2.71. The van der Waals surface area contributed by atoms with Crippen LogP contribution >= 0.6 is 0 Å². The van der Waals surface area contributed by atoms with Crippen molar-refractivity contribution in [2.75, 3.05) is 18.5 Å². The lowest BCUT2D eigenvalue weighted by molar-refractivity contribution is 0.276. The topological polar surface area (TPSA) is 58.3 Å². The van der Waals surface area contributed by atoms with E-state index in [2.05, 4.69) is 17.4 Å². The zero-order valence-electron chi connectivity index (χ0n) is 8.16. The first-order valence-corrected chi connectivity index (χ1v) is 5.04. The molecule has 0 aromatic heterocycles. The van der Waals surface area contributed by atoms with Gasteiger partial charge in [0.2, 0.25) is 0 Å². The van der Waals surface area contributed by atoms with Gasteiger partial charge in [-0.15, -0.1) is 0 Å². The molecule has 1 aromatic carbocycles. The average Bonchev–Trinajstić information content (AvgIpc) is 2.64. The van der Waals surface area contributed by atoms with Crippen LogP contribution in [-0.2, 0) is 6.42 Å². The molecule has 0 aliphatic carbocycles. The fourth-order valence-corrected chi connectivity index (χ4v) is 1.86. The van der Waals surface area contributed by atoms with Crippen LogP contribution in [0.5, 0.6) is 0 Å². The van der Waals surface area contributed by atoms with Crippen molar-refractivity contribution in [2.24, 2.45) is 5.73 Å². The molecule has 4 N–H and O–H groups in total. The number of aliphatic hydroxyl groups excluding tert-OH is 1. The van der Waals surface area contributed by atoms with Gasteiger partial charge in [0.25, 0.3) is 0 Å². The maximum absolute atomic E-state index is 8.80. The van der Waals surface area contributed by atoms with Crippen molar-refractivity contribution < 1.29 is 5.11 Å². The van der Waals surface area contributed by atoms with Crippen molar-refractivity contribution >= 4 is 5.69 Å². The minimum atomic E-state index is -0.0362. The van der Waals surface area contributed by atoms with Crippen LogP contribution < -0.4 is 11.1 Å². The lowest BCUT2D eigenvalue weighted by Gasteiger charge is -2.11. The first-order chi connectivity index (χ1) is 6.81. The van der Waals surface area contributed by atoms with Crippen LogP contribution in [0.3, 0.4) is 0 Å². The summed E-state index contributed by atoms with van der Waals surface area (Å²) < 4.78 is 0. The van der Waals surface area contributed by atoms with Crippen LogP contribution in [-0.4, -0.2) is 18.3 Å². The molecule has 3 heteroatoms. The molecule has 0 bridgehead atoms. The summed E-state index contributed by atoms with van der Waals surface area (Å²) in [5.74, 6) is 0. The number of benzene rings is 1. The van der Waals surface area contributed by atoms with E-state index in [1.807, 2.05) is 6.07 Å². The fourth-order valence-electron chi connectivity index (χ4n) is 1.86. The standard InChI is InChI=1S/C11H16N2O/c12-10(4-6-14)8-1-2-11-9(7-8)3-5-13-11/h1-2,7,10,13-14H,3-6,12H2. The minimum Gasteiger partial charge on any atom is -0.396 e. The fraction of sp³-hybridized carbons (Fsp3) is 0.455. The van der Waals surface area contributed by atoms with Crippen molar-refractivity contribution in [3.63, 3.8) is 0 Å². The van der Waals surface area contributed by atoms with E-state index in [9.17, 15) is 0 Å². The Morgan fingerprint density at radius 1 is 1.50 bits per heavy atom. The molecule has 2 rings (SSSR count). The zero-order valence-corrected chi connectivity index (χ0v) is 8.16. The third kappa shape index (κ3) is 1.74. The SMILES string of the molecule is NC(CCO)c1ccc2c(c1)CCN2. The van der Waals surface area contributed by atoms with Crippen molar-refractivity contribution in [3.05, 3.63) is 29.3 Å². The molecule has 0 spiro atoms. The molecule has 0 radical (unpaired) electrons. The van der Waals surface area contributed by atoms with E-state index in [1.165, 1.54) is 11.3 Å². The van der Waals surface area contributed by atoms with Crippen molar-refractivity contribution in [1.82, 2.24) is 0 Å². The Labute approximate surface area is 83.9 Å². The molecule has 1 atom stereocenters. The molecule has 0 amide bonds.